The molecule has 1 atom stereocenters. The Labute approximate surface area is 65.3 Å². The minimum absolute atomic E-state index is 0.111. The van der Waals surface area contributed by atoms with Crippen LogP contribution in [0.3, 0.4) is 0 Å². The number of carboxylic acid groups (broad SMARTS) is 1. The van der Waals surface area contributed by atoms with Crippen molar-refractivity contribution in [3.05, 3.63) is 0 Å². The van der Waals surface area contributed by atoms with Gasteiger partial charge in [-0.2, -0.15) is 0 Å². The number of carbonyl (C=O) groups is 1. The molecule has 5 heteroatoms. The van der Waals surface area contributed by atoms with Crippen LogP contribution < -0.4 is 5.32 Å². The molecule has 0 saturated heterocycles. The van der Waals surface area contributed by atoms with E-state index in [4.69, 9.17) is 9.84 Å². The maximum Gasteiger partial charge on any atom is 0.323 e. The molecule has 5 nitrogen and oxygen atoms in total. The van der Waals surface area contributed by atoms with E-state index in [1.54, 1.807) is 7.05 Å². The molecular weight excluding hydrogens is 150 g/mol. The molecule has 0 saturated carbocycles. The van der Waals surface area contributed by atoms with Crippen LogP contribution in [0.15, 0.2) is 0 Å². The topological polar surface area (TPSA) is 67.8 Å². The average molecular weight is 163 g/mol. The molecule has 0 amide bonds. The number of likely N-dealkylation sites (N-methyl/N-ethyl adjacent to an activating group) is 1. The standard InChI is InChI=1S/C6H13NO4/c1-7-5(6(8)9)3-11-4-10-2/h5,7H,3-4H2,1-2H3,(H,8,9)/t5-/m0/s1. The van der Waals surface area contributed by atoms with E-state index in [0.29, 0.717) is 0 Å². The molecule has 0 rings (SSSR count). The Morgan fingerprint density at radius 1 is 1.73 bits per heavy atom. The predicted octanol–water partition coefficient (Wildman–Crippen LogP) is -0.720. The van der Waals surface area contributed by atoms with Gasteiger partial charge in [0.2, 0.25) is 0 Å². The van der Waals surface area contributed by atoms with Gasteiger partial charge >= 0.3 is 5.97 Å². The van der Waals surface area contributed by atoms with Crippen LogP contribution in [-0.4, -0.2) is 44.7 Å². The normalized spacial score (nSPS) is 12.9. The zero-order chi connectivity index (χ0) is 8.69. The first-order valence-corrected chi connectivity index (χ1v) is 3.19. The minimum Gasteiger partial charge on any atom is -0.480 e. The van der Waals surface area contributed by atoms with Gasteiger partial charge in [0.1, 0.15) is 12.8 Å². The molecule has 0 bridgehead atoms. The van der Waals surface area contributed by atoms with Gasteiger partial charge in [0.05, 0.1) is 6.61 Å². The van der Waals surface area contributed by atoms with Crippen molar-refractivity contribution in [3.8, 4) is 0 Å². The van der Waals surface area contributed by atoms with Crippen molar-refractivity contribution in [2.75, 3.05) is 27.6 Å². The molecule has 0 spiro atoms. The largest absolute Gasteiger partial charge is 0.480 e. The SMILES string of the molecule is CN[C@@H](COCOC)C(=O)O. The average Bonchev–Trinajstić information content (AvgIpc) is 1.97. The van der Waals surface area contributed by atoms with Gasteiger partial charge in [0, 0.05) is 7.11 Å². The fourth-order valence-corrected chi connectivity index (χ4v) is 0.527. The van der Waals surface area contributed by atoms with Gasteiger partial charge in [-0.1, -0.05) is 0 Å². The third-order valence-corrected chi connectivity index (χ3v) is 1.13. The van der Waals surface area contributed by atoms with E-state index < -0.39 is 12.0 Å². The van der Waals surface area contributed by atoms with Gasteiger partial charge in [0.15, 0.2) is 0 Å². The van der Waals surface area contributed by atoms with Gasteiger partial charge < -0.3 is 19.9 Å². The summed E-state index contributed by atoms with van der Waals surface area (Å²) in [5.41, 5.74) is 0. The summed E-state index contributed by atoms with van der Waals surface area (Å²) >= 11 is 0. The lowest BCUT2D eigenvalue weighted by atomic mass is 10.3. The van der Waals surface area contributed by atoms with Crippen molar-refractivity contribution in [2.24, 2.45) is 0 Å². The van der Waals surface area contributed by atoms with Crippen LogP contribution in [0.1, 0.15) is 0 Å². The van der Waals surface area contributed by atoms with Gasteiger partial charge in [-0.3, -0.25) is 4.79 Å². The van der Waals surface area contributed by atoms with Crippen LogP contribution >= 0.6 is 0 Å². The molecule has 0 aromatic heterocycles. The lowest BCUT2D eigenvalue weighted by Crippen LogP contribution is -2.38. The Bertz CT molecular complexity index is 117. The van der Waals surface area contributed by atoms with E-state index in [9.17, 15) is 4.79 Å². The second kappa shape index (κ2) is 6.09. The summed E-state index contributed by atoms with van der Waals surface area (Å²) in [5, 5.41) is 11.1. The maximum atomic E-state index is 10.3. The van der Waals surface area contributed by atoms with Gasteiger partial charge in [-0.25, -0.2) is 0 Å². The second-order valence-electron chi connectivity index (χ2n) is 1.96. The molecule has 0 fully saturated rings. The molecule has 0 aliphatic carbocycles. The van der Waals surface area contributed by atoms with Crippen molar-refractivity contribution in [1.29, 1.82) is 0 Å². The summed E-state index contributed by atoms with van der Waals surface area (Å²) in [6.45, 7) is 0.227. The van der Waals surface area contributed by atoms with Crippen LogP contribution in [0, 0.1) is 0 Å². The van der Waals surface area contributed by atoms with Gasteiger partial charge in [-0.05, 0) is 7.05 Å². The maximum absolute atomic E-state index is 10.3. The number of methoxy groups -OCH3 is 1. The van der Waals surface area contributed by atoms with E-state index >= 15 is 0 Å². The quantitative estimate of drug-likeness (QED) is 0.399. The van der Waals surface area contributed by atoms with Crippen LogP contribution in [-0.2, 0) is 14.3 Å². The molecule has 0 heterocycles. The van der Waals surface area contributed by atoms with E-state index in [1.165, 1.54) is 7.11 Å². The van der Waals surface area contributed by atoms with Crippen LogP contribution in [0.25, 0.3) is 0 Å². The molecule has 0 radical (unpaired) electrons. The summed E-state index contributed by atoms with van der Waals surface area (Å²) in [5.74, 6) is -0.927. The number of ether oxygens (including phenoxy) is 2. The second-order valence-corrected chi connectivity index (χ2v) is 1.96. The summed E-state index contributed by atoms with van der Waals surface area (Å²) in [6.07, 6.45) is 0. The van der Waals surface area contributed by atoms with Crippen LogP contribution in [0.5, 0.6) is 0 Å². The van der Waals surface area contributed by atoms with E-state index in [-0.39, 0.29) is 13.4 Å². The Kier molecular flexibility index (Phi) is 5.73. The fraction of sp³-hybridized carbons (Fsp3) is 0.833. The van der Waals surface area contributed by atoms with Gasteiger partial charge in [0.25, 0.3) is 0 Å². The fourth-order valence-electron chi connectivity index (χ4n) is 0.527. The first-order valence-electron chi connectivity index (χ1n) is 3.19. The van der Waals surface area contributed by atoms with Crippen LogP contribution in [0.4, 0.5) is 0 Å². The monoisotopic (exact) mass is 163 g/mol. The van der Waals surface area contributed by atoms with Crippen LogP contribution in [0.2, 0.25) is 0 Å². The Morgan fingerprint density at radius 3 is 2.73 bits per heavy atom. The zero-order valence-corrected chi connectivity index (χ0v) is 6.66. The highest BCUT2D eigenvalue weighted by Crippen LogP contribution is 1.85. The lowest BCUT2D eigenvalue weighted by Gasteiger charge is -2.10. The number of carboxylic acids is 1. The first kappa shape index (κ1) is 10.3. The molecule has 0 aliphatic heterocycles. The van der Waals surface area contributed by atoms with Crippen molar-refractivity contribution in [3.63, 3.8) is 0 Å². The number of nitrogens with one attached hydrogen (secondary N) is 1. The van der Waals surface area contributed by atoms with Crippen molar-refractivity contribution in [2.45, 2.75) is 6.04 Å². The molecule has 0 aromatic carbocycles. The molecule has 11 heavy (non-hydrogen) atoms. The van der Waals surface area contributed by atoms with Crippen molar-refractivity contribution in [1.82, 2.24) is 5.32 Å². The lowest BCUT2D eigenvalue weighted by molar-refractivity contribution is -0.142. The highest BCUT2D eigenvalue weighted by Gasteiger charge is 2.13. The third kappa shape index (κ3) is 4.72. The summed E-state index contributed by atoms with van der Waals surface area (Å²) in [4.78, 5) is 10.3. The van der Waals surface area contributed by atoms with Crippen molar-refractivity contribution >= 4 is 5.97 Å². The predicted molar refractivity (Wildman–Crippen MR) is 38.3 cm³/mol. The summed E-state index contributed by atoms with van der Waals surface area (Å²) < 4.78 is 9.41. The Morgan fingerprint density at radius 2 is 2.36 bits per heavy atom. The smallest absolute Gasteiger partial charge is 0.323 e. The van der Waals surface area contributed by atoms with E-state index in [0.717, 1.165) is 0 Å². The molecule has 0 unspecified atom stereocenters. The van der Waals surface area contributed by atoms with E-state index in [1.807, 2.05) is 0 Å². The molecule has 66 valence electrons. The summed E-state index contributed by atoms with van der Waals surface area (Å²) in [7, 11) is 3.05. The summed E-state index contributed by atoms with van der Waals surface area (Å²) in [6, 6.07) is -0.662. The van der Waals surface area contributed by atoms with Gasteiger partial charge in [-0.15, -0.1) is 0 Å². The van der Waals surface area contributed by atoms with E-state index in [2.05, 4.69) is 10.1 Å². The molecule has 2 N–H and O–H groups in total. The molecule has 0 aliphatic rings. The molecule has 0 aromatic rings. The number of aliphatic carboxylic acids is 1. The third-order valence-electron chi connectivity index (χ3n) is 1.13. The van der Waals surface area contributed by atoms with Crippen molar-refractivity contribution < 1.29 is 19.4 Å². The number of hydrogen-bond donors (Lipinski definition) is 2. The molecular formula is C6H13NO4. The Hall–Kier alpha value is -0.650. The zero-order valence-electron chi connectivity index (χ0n) is 6.66. The highest BCUT2D eigenvalue weighted by atomic mass is 16.7. The minimum atomic E-state index is -0.927. The first-order chi connectivity index (χ1) is 5.22. The number of hydrogen-bond acceptors (Lipinski definition) is 4. The Balaban J connectivity index is 3.44. The highest BCUT2D eigenvalue weighted by molar-refractivity contribution is 5.73. The number of rotatable bonds is 6.